The Morgan fingerprint density at radius 1 is 1.41 bits per heavy atom. The molecule has 0 aliphatic carbocycles. The largest absolute Gasteiger partial charge is 0.488 e. The Balaban J connectivity index is 2.19. The molecule has 1 fully saturated rings. The molecule has 1 aromatic rings. The first kappa shape index (κ1) is 12.1. The van der Waals surface area contributed by atoms with E-state index in [-0.39, 0.29) is 17.4 Å². The van der Waals surface area contributed by atoms with E-state index in [1.165, 1.54) is 12.1 Å². The summed E-state index contributed by atoms with van der Waals surface area (Å²) in [5, 5.41) is 0. The summed E-state index contributed by atoms with van der Waals surface area (Å²) < 4.78 is 37.1. The van der Waals surface area contributed by atoms with Crippen molar-refractivity contribution in [2.24, 2.45) is 0 Å². The number of alkyl halides is 2. The summed E-state index contributed by atoms with van der Waals surface area (Å²) in [5.74, 6) is -2.54. The highest BCUT2D eigenvalue weighted by molar-refractivity contribution is 5.48. The van der Waals surface area contributed by atoms with Crippen molar-refractivity contribution in [3.8, 4) is 5.75 Å². The van der Waals surface area contributed by atoms with Gasteiger partial charge in [-0.1, -0.05) is 0 Å². The van der Waals surface area contributed by atoms with Gasteiger partial charge in [-0.15, -0.1) is 0 Å². The zero-order valence-electron chi connectivity index (χ0n) is 9.58. The van der Waals surface area contributed by atoms with E-state index >= 15 is 0 Å². The summed E-state index contributed by atoms with van der Waals surface area (Å²) in [6, 6.07) is 4.14. The fourth-order valence-electron chi connectivity index (χ4n) is 1.74. The molecule has 2 rings (SSSR count). The van der Waals surface area contributed by atoms with Gasteiger partial charge in [0.25, 0.3) is 5.92 Å². The number of hydrogen-bond donors (Lipinski definition) is 1. The van der Waals surface area contributed by atoms with Crippen LogP contribution in [0.5, 0.6) is 5.75 Å². The molecular weight excluding hydrogens is 228 g/mol. The Morgan fingerprint density at radius 3 is 2.76 bits per heavy atom. The van der Waals surface area contributed by atoms with Gasteiger partial charge in [-0.3, -0.25) is 0 Å². The summed E-state index contributed by atoms with van der Waals surface area (Å²) in [5.41, 5.74) is 5.73. The molecular formula is C12H15F2NO2. The number of ether oxygens (including phenoxy) is 2. The molecule has 1 aromatic carbocycles. The lowest BCUT2D eigenvalue weighted by Gasteiger charge is -2.16. The van der Waals surface area contributed by atoms with Gasteiger partial charge >= 0.3 is 0 Å². The van der Waals surface area contributed by atoms with Crippen LogP contribution in [0.15, 0.2) is 18.2 Å². The number of nitrogens with two attached hydrogens (primary N) is 1. The summed E-state index contributed by atoms with van der Waals surface area (Å²) in [4.78, 5) is 0. The molecule has 2 N–H and O–H groups in total. The minimum Gasteiger partial charge on any atom is -0.488 e. The summed E-state index contributed by atoms with van der Waals surface area (Å²) in [6.45, 7) is 1.97. The predicted octanol–water partition coefficient (Wildman–Crippen LogP) is 2.55. The minimum atomic E-state index is -2.92. The molecule has 0 amide bonds. The topological polar surface area (TPSA) is 44.5 Å². The van der Waals surface area contributed by atoms with Crippen LogP contribution in [-0.2, 0) is 10.7 Å². The third kappa shape index (κ3) is 3.06. The molecule has 1 atom stereocenters. The van der Waals surface area contributed by atoms with Crippen LogP contribution in [-0.4, -0.2) is 19.3 Å². The molecule has 1 aliphatic heterocycles. The lowest BCUT2D eigenvalue weighted by molar-refractivity contribution is 0.0171. The van der Waals surface area contributed by atoms with Gasteiger partial charge in [-0.25, -0.2) is 8.78 Å². The molecule has 17 heavy (non-hydrogen) atoms. The maximum absolute atomic E-state index is 13.2. The Morgan fingerprint density at radius 2 is 2.18 bits per heavy atom. The van der Waals surface area contributed by atoms with Crippen molar-refractivity contribution in [1.82, 2.24) is 0 Å². The van der Waals surface area contributed by atoms with E-state index in [2.05, 4.69) is 0 Å². The molecule has 1 aliphatic rings. The normalized spacial score (nSPS) is 20.5. The molecule has 0 radical (unpaired) electrons. The van der Waals surface area contributed by atoms with Gasteiger partial charge in [-0.05, 0) is 12.1 Å². The molecule has 94 valence electrons. The van der Waals surface area contributed by atoms with Crippen LogP contribution >= 0.6 is 0 Å². The van der Waals surface area contributed by atoms with Crippen molar-refractivity contribution >= 4 is 5.69 Å². The molecule has 1 heterocycles. The van der Waals surface area contributed by atoms with E-state index < -0.39 is 5.92 Å². The monoisotopic (exact) mass is 243 g/mol. The van der Waals surface area contributed by atoms with Gasteiger partial charge in [0.05, 0.1) is 13.2 Å². The smallest absolute Gasteiger partial charge is 0.270 e. The van der Waals surface area contributed by atoms with Gasteiger partial charge in [0, 0.05) is 30.7 Å². The molecule has 0 bridgehead atoms. The van der Waals surface area contributed by atoms with Crippen LogP contribution in [0.4, 0.5) is 14.5 Å². The highest BCUT2D eigenvalue weighted by Gasteiger charge is 2.26. The quantitative estimate of drug-likeness (QED) is 0.830. The first-order valence-corrected chi connectivity index (χ1v) is 5.48. The lowest BCUT2D eigenvalue weighted by Crippen LogP contribution is -2.16. The van der Waals surface area contributed by atoms with Crippen LogP contribution in [0, 0.1) is 0 Å². The summed E-state index contributed by atoms with van der Waals surface area (Å²) >= 11 is 0. The zero-order valence-corrected chi connectivity index (χ0v) is 9.58. The average molecular weight is 243 g/mol. The Hall–Kier alpha value is -1.36. The Bertz CT molecular complexity index is 398. The fourth-order valence-corrected chi connectivity index (χ4v) is 1.74. The highest BCUT2D eigenvalue weighted by atomic mass is 19.3. The van der Waals surface area contributed by atoms with Crippen LogP contribution in [0.1, 0.15) is 18.9 Å². The van der Waals surface area contributed by atoms with Gasteiger partial charge in [-0.2, -0.15) is 0 Å². The highest BCUT2D eigenvalue weighted by Crippen LogP contribution is 2.32. The minimum absolute atomic E-state index is 0.0740. The number of nitrogen functional groups attached to an aromatic ring is 1. The first-order valence-electron chi connectivity index (χ1n) is 5.48. The van der Waals surface area contributed by atoms with E-state index in [9.17, 15) is 8.78 Å². The van der Waals surface area contributed by atoms with Gasteiger partial charge in [0.2, 0.25) is 0 Å². The van der Waals surface area contributed by atoms with Gasteiger partial charge in [0.1, 0.15) is 11.9 Å². The van der Waals surface area contributed by atoms with E-state index in [0.717, 1.165) is 13.3 Å². The molecule has 1 saturated heterocycles. The van der Waals surface area contributed by atoms with Gasteiger partial charge in [0.15, 0.2) is 0 Å². The number of rotatable bonds is 3. The standard InChI is InChI=1S/C12H15F2NO2/c1-12(13,14)8-4-9(15)6-11(5-8)17-10-2-3-16-7-10/h4-6,10H,2-3,7,15H2,1H3. The summed E-state index contributed by atoms with van der Waals surface area (Å²) in [7, 11) is 0. The van der Waals surface area contributed by atoms with E-state index in [0.29, 0.717) is 19.0 Å². The van der Waals surface area contributed by atoms with Crippen LogP contribution in [0.2, 0.25) is 0 Å². The van der Waals surface area contributed by atoms with E-state index in [4.69, 9.17) is 15.2 Å². The molecule has 0 aromatic heterocycles. The molecule has 0 spiro atoms. The maximum Gasteiger partial charge on any atom is 0.270 e. The maximum atomic E-state index is 13.2. The van der Waals surface area contributed by atoms with Crippen LogP contribution in [0.3, 0.4) is 0 Å². The Kier molecular flexibility index (Phi) is 3.19. The van der Waals surface area contributed by atoms with E-state index in [1.807, 2.05) is 0 Å². The average Bonchev–Trinajstić information content (AvgIpc) is 2.68. The van der Waals surface area contributed by atoms with Crippen LogP contribution < -0.4 is 10.5 Å². The zero-order chi connectivity index (χ0) is 12.5. The second-order valence-corrected chi connectivity index (χ2v) is 4.28. The third-order valence-electron chi connectivity index (χ3n) is 2.63. The number of benzene rings is 1. The fraction of sp³-hybridized carbons (Fsp3) is 0.500. The number of hydrogen-bond acceptors (Lipinski definition) is 3. The Labute approximate surface area is 98.5 Å². The molecule has 1 unspecified atom stereocenters. The second-order valence-electron chi connectivity index (χ2n) is 4.28. The van der Waals surface area contributed by atoms with Crippen molar-refractivity contribution in [2.45, 2.75) is 25.4 Å². The van der Waals surface area contributed by atoms with Crippen molar-refractivity contribution in [3.05, 3.63) is 23.8 Å². The summed E-state index contributed by atoms with van der Waals surface area (Å²) in [6.07, 6.45) is 0.697. The van der Waals surface area contributed by atoms with Crippen molar-refractivity contribution in [3.63, 3.8) is 0 Å². The lowest BCUT2D eigenvalue weighted by atomic mass is 10.1. The molecule has 0 saturated carbocycles. The molecule has 5 heteroatoms. The van der Waals surface area contributed by atoms with Crippen molar-refractivity contribution < 1.29 is 18.3 Å². The van der Waals surface area contributed by atoms with Crippen molar-refractivity contribution in [1.29, 1.82) is 0 Å². The third-order valence-corrected chi connectivity index (χ3v) is 2.63. The van der Waals surface area contributed by atoms with Crippen LogP contribution in [0.25, 0.3) is 0 Å². The first-order chi connectivity index (χ1) is 7.95. The number of anilines is 1. The van der Waals surface area contributed by atoms with Gasteiger partial charge < -0.3 is 15.2 Å². The molecule has 3 nitrogen and oxygen atoms in total. The predicted molar refractivity (Wildman–Crippen MR) is 60.3 cm³/mol. The van der Waals surface area contributed by atoms with Crippen molar-refractivity contribution in [2.75, 3.05) is 18.9 Å². The van der Waals surface area contributed by atoms with E-state index in [1.54, 1.807) is 6.07 Å². The second kappa shape index (κ2) is 4.49. The SMILES string of the molecule is CC(F)(F)c1cc(N)cc(OC2CCOC2)c1. The number of halogens is 2.